The molecule has 1 aliphatic rings. The Balaban J connectivity index is 0.000000322. The van der Waals surface area contributed by atoms with Crippen LogP contribution in [0.1, 0.15) is 48.4 Å². The maximum absolute atomic E-state index is 11.8. The molecular formula is C17H24NO4Sn. The summed E-state index contributed by atoms with van der Waals surface area (Å²) < 4.78 is 4.65. The number of benzene rings is 1. The summed E-state index contributed by atoms with van der Waals surface area (Å²) in [6.07, 6.45) is 0. The number of nitrogens with zero attached hydrogens (tertiary/aromatic N) is 1. The van der Waals surface area contributed by atoms with E-state index in [9.17, 15) is 14.4 Å². The number of rotatable bonds is 5. The van der Waals surface area contributed by atoms with E-state index in [2.05, 4.69) is 20.8 Å². The summed E-state index contributed by atoms with van der Waals surface area (Å²) in [7, 11) is 0. The molecule has 0 aromatic heterocycles. The van der Waals surface area contributed by atoms with E-state index in [1.54, 1.807) is 25.4 Å². The van der Waals surface area contributed by atoms with Crippen LogP contribution in [0.4, 0.5) is 0 Å². The van der Waals surface area contributed by atoms with E-state index in [4.69, 9.17) is 5.11 Å². The molecular weight excluding hydrogens is 401 g/mol. The first-order valence-corrected chi connectivity index (χ1v) is 14.0. The van der Waals surface area contributed by atoms with Gasteiger partial charge in [-0.1, -0.05) is 12.1 Å². The van der Waals surface area contributed by atoms with Gasteiger partial charge in [0.2, 0.25) is 0 Å². The number of hydrogen-bond acceptors (Lipinski definition) is 3. The van der Waals surface area contributed by atoms with E-state index >= 15 is 0 Å². The predicted molar refractivity (Wildman–Crippen MR) is 91.2 cm³/mol. The molecule has 2 amide bonds. The van der Waals surface area contributed by atoms with Gasteiger partial charge in [0.25, 0.3) is 11.8 Å². The summed E-state index contributed by atoms with van der Waals surface area (Å²) in [6.45, 7) is 8.36. The molecule has 6 heteroatoms. The zero-order valence-electron chi connectivity index (χ0n) is 14.1. The quantitative estimate of drug-likeness (QED) is 0.581. The van der Waals surface area contributed by atoms with Gasteiger partial charge in [-0.3, -0.25) is 14.5 Å². The van der Waals surface area contributed by atoms with Gasteiger partial charge in [-0.05, 0) is 19.1 Å². The monoisotopic (exact) mass is 426 g/mol. The number of carbonyl (C=O) groups is 3. The molecule has 1 N–H and O–H groups in total. The number of carbonyl (C=O) groups excluding carboxylic acids is 2. The molecule has 0 bridgehead atoms. The van der Waals surface area contributed by atoms with E-state index in [-0.39, 0.29) is 11.1 Å². The van der Waals surface area contributed by atoms with Crippen LogP contribution in [0.2, 0.25) is 13.3 Å². The van der Waals surface area contributed by atoms with Gasteiger partial charge in [0.15, 0.2) is 0 Å². The van der Waals surface area contributed by atoms with E-state index in [1.807, 2.05) is 0 Å². The Kier molecular flexibility index (Phi) is 7.74. The van der Waals surface area contributed by atoms with Crippen molar-refractivity contribution in [3.63, 3.8) is 0 Å². The summed E-state index contributed by atoms with van der Waals surface area (Å²) in [5.41, 5.74) is 0.529. The summed E-state index contributed by atoms with van der Waals surface area (Å²) in [5.74, 6) is -2.29. The topological polar surface area (TPSA) is 74.7 Å². The molecule has 5 nitrogen and oxygen atoms in total. The number of aliphatic carboxylic acids is 1. The molecule has 0 saturated carbocycles. The summed E-state index contributed by atoms with van der Waals surface area (Å²) in [6, 6.07) is 5.17. The minimum absolute atomic E-state index is 0.264. The molecule has 0 saturated heterocycles. The third-order valence-electron chi connectivity index (χ3n) is 4.07. The predicted octanol–water partition coefficient (Wildman–Crippen LogP) is 3.30. The number of fused-ring (bicyclic) bond motifs is 1. The van der Waals surface area contributed by atoms with Crippen molar-refractivity contribution >= 4 is 37.5 Å². The van der Waals surface area contributed by atoms with Crippen molar-refractivity contribution in [1.82, 2.24) is 4.90 Å². The van der Waals surface area contributed by atoms with Gasteiger partial charge in [-0.15, -0.1) is 0 Å². The van der Waals surface area contributed by atoms with E-state index < -0.39 is 43.6 Å². The van der Waals surface area contributed by atoms with Crippen LogP contribution < -0.4 is 0 Å². The number of amides is 2. The summed E-state index contributed by atoms with van der Waals surface area (Å²) in [5, 5.41) is 8.81. The zero-order valence-corrected chi connectivity index (χ0v) is 17.0. The van der Waals surface area contributed by atoms with Crippen molar-refractivity contribution in [2.45, 2.75) is 47.0 Å². The number of hydrogen-bond donors (Lipinski definition) is 1. The second kappa shape index (κ2) is 9.05. The fraction of sp³-hybridized carbons (Fsp3) is 0.471. The number of carboxylic acid groups (broad SMARTS) is 1. The fourth-order valence-electron chi connectivity index (χ4n) is 2.42. The second-order valence-electron chi connectivity index (χ2n) is 5.35. The maximum atomic E-state index is 11.8. The van der Waals surface area contributed by atoms with Crippen molar-refractivity contribution in [3.8, 4) is 0 Å². The Hall–Kier alpha value is -1.37. The first kappa shape index (κ1) is 19.7. The molecule has 0 aliphatic carbocycles. The van der Waals surface area contributed by atoms with Crippen molar-refractivity contribution in [1.29, 1.82) is 0 Å². The van der Waals surface area contributed by atoms with Gasteiger partial charge in [0.1, 0.15) is 6.04 Å². The van der Waals surface area contributed by atoms with Crippen molar-refractivity contribution in [2.24, 2.45) is 0 Å². The Morgan fingerprint density at radius 3 is 1.70 bits per heavy atom. The SMILES string of the molecule is CC(C(=O)O)N1C(=O)c2ccccc2C1=O.C[CH2][Sn]([CH2]C)[CH2]C. The van der Waals surface area contributed by atoms with E-state index in [1.165, 1.54) is 19.1 Å². The second-order valence-corrected chi connectivity index (χ2v) is 15.7. The Morgan fingerprint density at radius 1 is 1.04 bits per heavy atom. The first-order chi connectivity index (χ1) is 10.9. The van der Waals surface area contributed by atoms with Crippen LogP contribution in [0.5, 0.6) is 0 Å². The molecule has 1 atom stereocenters. The molecule has 0 spiro atoms. The number of carboxylic acids is 1. The van der Waals surface area contributed by atoms with Crippen LogP contribution in [0.3, 0.4) is 0 Å². The zero-order chi connectivity index (χ0) is 17.6. The van der Waals surface area contributed by atoms with Crippen molar-refractivity contribution < 1.29 is 19.5 Å². The van der Waals surface area contributed by atoms with Crippen molar-refractivity contribution in [2.75, 3.05) is 0 Å². The van der Waals surface area contributed by atoms with E-state index in [0.717, 1.165) is 4.90 Å². The van der Waals surface area contributed by atoms with Gasteiger partial charge in [0, 0.05) is 0 Å². The van der Waals surface area contributed by atoms with Crippen LogP contribution >= 0.6 is 0 Å². The fourth-order valence-corrected chi connectivity index (χ4v) is 6.70. The molecule has 0 fully saturated rings. The van der Waals surface area contributed by atoms with Crippen molar-refractivity contribution in [3.05, 3.63) is 35.4 Å². The third-order valence-corrected chi connectivity index (χ3v) is 12.6. The molecule has 1 radical (unpaired) electrons. The van der Waals surface area contributed by atoms with Crippen LogP contribution in [-0.4, -0.2) is 53.6 Å². The molecule has 23 heavy (non-hydrogen) atoms. The van der Waals surface area contributed by atoms with Gasteiger partial charge in [-0.2, -0.15) is 0 Å². The van der Waals surface area contributed by atoms with Gasteiger partial charge < -0.3 is 5.11 Å². The summed E-state index contributed by atoms with van der Waals surface area (Å²) in [4.78, 5) is 35.1. The van der Waals surface area contributed by atoms with Crippen LogP contribution in [0.15, 0.2) is 24.3 Å². The van der Waals surface area contributed by atoms with Crippen LogP contribution in [-0.2, 0) is 4.79 Å². The van der Waals surface area contributed by atoms with Crippen LogP contribution in [0, 0.1) is 0 Å². The average Bonchev–Trinajstić information content (AvgIpc) is 2.81. The normalized spacial score (nSPS) is 14.4. The van der Waals surface area contributed by atoms with Gasteiger partial charge in [0.05, 0.1) is 11.1 Å². The molecule has 1 heterocycles. The van der Waals surface area contributed by atoms with Crippen LogP contribution in [0.25, 0.3) is 0 Å². The first-order valence-electron chi connectivity index (χ1n) is 7.92. The molecule has 2 rings (SSSR count). The molecule has 1 unspecified atom stereocenters. The Morgan fingerprint density at radius 2 is 1.43 bits per heavy atom. The molecule has 1 aromatic carbocycles. The molecule has 1 aromatic rings. The molecule has 125 valence electrons. The standard InChI is InChI=1S/C11H9NO4.3C2H5.Sn/c1-6(11(15)16)12-9(13)7-4-2-3-5-8(7)10(12)14;3*1-2;/h2-6H,1H3,(H,15,16);3*1H2,2H3;. The van der Waals surface area contributed by atoms with Gasteiger partial charge >= 0.3 is 59.8 Å². The van der Waals surface area contributed by atoms with Gasteiger partial charge in [-0.25, -0.2) is 4.79 Å². The Bertz CT molecular complexity index is 543. The van der Waals surface area contributed by atoms with E-state index in [0.29, 0.717) is 0 Å². The number of imide groups is 1. The third kappa shape index (κ3) is 4.56. The average molecular weight is 425 g/mol. The molecule has 1 aliphatic heterocycles. The minimum atomic E-state index is -1.20. The summed E-state index contributed by atoms with van der Waals surface area (Å²) >= 11 is -0.653. The Labute approximate surface area is 144 Å².